The van der Waals surface area contributed by atoms with E-state index in [1.807, 2.05) is 31.2 Å². The summed E-state index contributed by atoms with van der Waals surface area (Å²) in [5.41, 5.74) is 7.65. The second-order valence-electron chi connectivity index (χ2n) is 5.66. The van der Waals surface area contributed by atoms with E-state index in [-0.39, 0.29) is 11.9 Å². The number of rotatable bonds is 3. The maximum atomic E-state index is 12.3. The molecule has 3 N–H and O–H groups in total. The fraction of sp³-hybridized carbons (Fsp3) is 0.438. The van der Waals surface area contributed by atoms with Gasteiger partial charge in [0.25, 0.3) is 5.91 Å². The molecule has 2 aromatic rings. The van der Waals surface area contributed by atoms with Crippen molar-refractivity contribution in [1.82, 2.24) is 5.32 Å². The Labute approximate surface area is 118 Å². The van der Waals surface area contributed by atoms with Crippen LogP contribution in [-0.2, 0) is 0 Å². The van der Waals surface area contributed by atoms with Gasteiger partial charge < -0.3 is 15.5 Å². The third-order valence-corrected chi connectivity index (χ3v) is 4.17. The Kier molecular flexibility index (Phi) is 3.49. The fourth-order valence-electron chi connectivity index (χ4n) is 3.02. The number of furan rings is 1. The minimum absolute atomic E-state index is 0.135. The molecule has 20 heavy (non-hydrogen) atoms. The van der Waals surface area contributed by atoms with E-state index in [9.17, 15) is 4.79 Å². The molecule has 1 saturated carbocycles. The van der Waals surface area contributed by atoms with E-state index >= 15 is 0 Å². The zero-order valence-electron chi connectivity index (χ0n) is 11.7. The molecule has 106 valence electrons. The third kappa shape index (κ3) is 2.43. The first kappa shape index (κ1) is 13.2. The minimum Gasteiger partial charge on any atom is -0.451 e. The number of benzene rings is 1. The quantitative estimate of drug-likeness (QED) is 0.902. The molecule has 4 nitrogen and oxygen atoms in total. The van der Waals surface area contributed by atoms with Crippen molar-refractivity contribution in [3.63, 3.8) is 0 Å². The molecule has 2 unspecified atom stereocenters. The van der Waals surface area contributed by atoms with Crippen molar-refractivity contribution in [2.24, 2.45) is 11.7 Å². The molecule has 4 heteroatoms. The summed E-state index contributed by atoms with van der Waals surface area (Å²) in [5, 5.41) is 4.03. The lowest BCUT2D eigenvalue weighted by Gasteiger charge is -2.18. The lowest BCUT2D eigenvalue weighted by molar-refractivity contribution is 0.0903. The van der Waals surface area contributed by atoms with E-state index in [0.29, 0.717) is 18.2 Å². The average molecular weight is 272 g/mol. The lowest BCUT2D eigenvalue weighted by atomic mass is 10.0. The van der Waals surface area contributed by atoms with E-state index in [2.05, 4.69) is 5.32 Å². The molecule has 0 spiro atoms. The van der Waals surface area contributed by atoms with Crippen LogP contribution in [0.15, 0.2) is 28.7 Å². The lowest BCUT2D eigenvalue weighted by Crippen LogP contribution is -2.39. The second kappa shape index (κ2) is 5.29. The van der Waals surface area contributed by atoms with Crippen LogP contribution < -0.4 is 11.1 Å². The number of hydrogen-bond acceptors (Lipinski definition) is 3. The van der Waals surface area contributed by atoms with Crippen LogP contribution in [0, 0.1) is 12.8 Å². The summed E-state index contributed by atoms with van der Waals surface area (Å²) < 4.78 is 5.62. The predicted molar refractivity (Wildman–Crippen MR) is 78.6 cm³/mol. The van der Waals surface area contributed by atoms with Crippen LogP contribution in [0.5, 0.6) is 0 Å². The molecule has 1 aliphatic carbocycles. The molecule has 2 atom stereocenters. The van der Waals surface area contributed by atoms with Gasteiger partial charge in [0, 0.05) is 11.4 Å². The van der Waals surface area contributed by atoms with Crippen molar-refractivity contribution in [3.05, 3.63) is 35.6 Å². The number of aryl methyl sites for hydroxylation is 1. The van der Waals surface area contributed by atoms with Crippen LogP contribution in [0.4, 0.5) is 0 Å². The van der Waals surface area contributed by atoms with Crippen molar-refractivity contribution < 1.29 is 9.21 Å². The Morgan fingerprint density at radius 1 is 1.40 bits per heavy atom. The van der Waals surface area contributed by atoms with Gasteiger partial charge in [-0.15, -0.1) is 0 Å². The normalized spacial score (nSPS) is 22.3. The fourth-order valence-corrected chi connectivity index (χ4v) is 3.02. The van der Waals surface area contributed by atoms with Crippen molar-refractivity contribution in [2.75, 3.05) is 6.54 Å². The summed E-state index contributed by atoms with van der Waals surface area (Å²) >= 11 is 0. The molecular formula is C16H20N2O2. The van der Waals surface area contributed by atoms with Gasteiger partial charge in [-0.1, -0.05) is 18.1 Å². The van der Waals surface area contributed by atoms with E-state index < -0.39 is 0 Å². The molecule has 0 saturated heterocycles. The standard InChI is InChI=1S/C16H20N2O2/c1-10-5-6-14-12(7-10)8-15(20-14)16(19)18-13-4-2-3-11(13)9-17/h5-8,11,13H,2-4,9,17H2,1H3,(H,18,19). The van der Waals surface area contributed by atoms with Crippen molar-refractivity contribution in [2.45, 2.75) is 32.2 Å². The Balaban J connectivity index is 1.78. The minimum atomic E-state index is -0.135. The number of amides is 1. The number of nitrogens with two attached hydrogens (primary N) is 1. The Morgan fingerprint density at radius 3 is 3.05 bits per heavy atom. The van der Waals surface area contributed by atoms with Gasteiger partial charge in [0.1, 0.15) is 5.58 Å². The molecule has 0 radical (unpaired) electrons. The van der Waals surface area contributed by atoms with E-state index in [1.54, 1.807) is 0 Å². The molecular weight excluding hydrogens is 252 g/mol. The zero-order chi connectivity index (χ0) is 14.1. The molecule has 0 aliphatic heterocycles. The largest absolute Gasteiger partial charge is 0.451 e. The number of hydrogen-bond donors (Lipinski definition) is 2. The first-order valence-corrected chi connectivity index (χ1v) is 7.18. The van der Waals surface area contributed by atoms with Gasteiger partial charge in [0.2, 0.25) is 0 Å². The summed E-state index contributed by atoms with van der Waals surface area (Å²) in [6, 6.07) is 7.90. The number of nitrogens with one attached hydrogen (secondary N) is 1. The van der Waals surface area contributed by atoms with Crippen molar-refractivity contribution in [3.8, 4) is 0 Å². The summed E-state index contributed by atoms with van der Waals surface area (Å²) in [6.45, 7) is 2.65. The highest BCUT2D eigenvalue weighted by atomic mass is 16.3. The van der Waals surface area contributed by atoms with Crippen LogP contribution in [0.2, 0.25) is 0 Å². The van der Waals surface area contributed by atoms with Crippen LogP contribution in [0.25, 0.3) is 11.0 Å². The van der Waals surface area contributed by atoms with Gasteiger partial charge in [0.05, 0.1) is 0 Å². The topological polar surface area (TPSA) is 68.3 Å². The van der Waals surface area contributed by atoms with Gasteiger partial charge >= 0.3 is 0 Å². The van der Waals surface area contributed by atoms with Gasteiger partial charge in [-0.05, 0) is 50.4 Å². The second-order valence-corrected chi connectivity index (χ2v) is 5.66. The van der Waals surface area contributed by atoms with Gasteiger partial charge in [-0.2, -0.15) is 0 Å². The van der Waals surface area contributed by atoms with Crippen molar-refractivity contribution in [1.29, 1.82) is 0 Å². The van der Waals surface area contributed by atoms with Gasteiger partial charge in [-0.3, -0.25) is 4.79 Å². The summed E-state index contributed by atoms with van der Waals surface area (Å²) in [7, 11) is 0. The van der Waals surface area contributed by atoms with Crippen LogP contribution in [0.1, 0.15) is 35.4 Å². The Hall–Kier alpha value is -1.81. The van der Waals surface area contributed by atoms with Gasteiger partial charge in [-0.25, -0.2) is 0 Å². The Bertz CT molecular complexity index is 632. The van der Waals surface area contributed by atoms with Crippen LogP contribution in [-0.4, -0.2) is 18.5 Å². The Morgan fingerprint density at radius 2 is 2.25 bits per heavy atom. The number of fused-ring (bicyclic) bond motifs is 1. The highest BCUT2D eigenvalue weighted by molar-refractivity contribution is 5.96. The number of carbonyl (C=O) groups is 1. The van der Waals surface area contributed by atoms with Gasteiger partial charge in [0.15, 0.2) is 5.76 Å². The van der Waals surface area contributed by atoms with Crippen molar-refractivity contribution >= 4 is 16.9 Å². The SMILES string of the molecule is Cc1ccc2oc(C(=O)NC3CCCC3CN)cc2c1. The summed E-state index contributed by atoms with van der Waals surface area (Å²) in [6.07, 6.45) is 3.24. The first-order chi connectivity index (χ1) is 9.67. The molecule has 3 rings (SSSR count). The average Bonchev–Trinajstić information content (AvgIpc) is 3.04. The summed E-state index contributed by atoms with van der Waals surface area (Å²) in [5.74, 6) is 0.642. The maximum Gasteiger partial charge on any atom is 0.287 e. The molecule has 1 heterocycles. The monoisotopic (exact) mass is 272 g/mol. The molecule has 0 bridgehead atoms. The highest BCUT2D eigenvalue weighted by Gasteiger charge is 2.28. The first-order valence-electron chi connectivity index (χ1n) is 7.18. The van der Waals surface area contributed by atoms with E-state index in [0.717, 1.165) is 35.8 Å². The highest BCUT2D eigenvalue weighted by Crippen LogP contribution is 2.26. The summed E-state index contributed by atoms with van der Waals surface area (Å²) in [4.78, 5) is 12.3. The third-order valence-electron chi connectivity index (χ3n) is 4.17. The maximum absolute atomic E-state index is 12.3. The molecule has 1 aromatic heterocycles. The smallest absolute Gasteiger partial charge is 0.287 e. The zero-order valence-corrected chi connectivity index (χ0v) is 11.7. The predicted octanol–water partition coefficient (Wildman–Crippen LogP) is 2.60. The molecule has 1 aromatic carbocycles. The van der Waals surface area contributed by atoms with E-state index in [4.69, 9.17) is 10.2 Å². The molecule has 1 fully saturated rings. The van der Waals surface area contributed by atoms with Crippen LogP contribution in [0.3, 0.4) is 0 Å². The van der Waals surface area contributed by atoms with E-state index in [1.165, 1.54) is 0 Å². The van der Waals surface area contributed by atoms with Crippen LogP contribution >= 0.6 is 0 Å². The molecule has 1 aliphatic rings. The molecule has 1 amide bonds. The number of carbonyl (C=O) groups excluding carboxylic acids is 1.